The van der Waals surface area contributed by atoms with Crippen molar-refractivity contribution in [1.82, 2.24) is 0 Å². The number of para-hydroxylation sites is 2. The summed E-state index contributed by atoms with van der Waals surface area (Å²) in [5.74, 6) is -2.26. The minimum Gasteiger partial charge on any atom is -0.404 e. The summed E-state index contributed by atoms with van der Waals surface area (Å²) < 4.78 is 82.4. The highest BCUT2D eigenvalue weighted by Gasteiger charge is 2.33. The summed E-state index contributed by atoms with van der Waals surface area (Å²) in [6.45, 7) is 0. The van der Waals surface area contributed by atoms with E-state index in [1.807, 2.05) is 4.72 Å². The van der Waals surface area contributed by atoms with E-state index in [-0.39, 0.29) is 24.4 Å². The smallest absolute Gasteiger partial charge is 0.404 e. The summed E-state index contributed by atoms with van der Waals surface area (Å²) in [6.07, 6.45) is -4.72. The molecule has 0 bridgehead atoms. The molecule has 0 aromatic heterocycles. The molecule has 0 radical (unpaired) electrons. The molecule has 2 aromatic carbocycles. The molecule has 11 heteroatoms. The van der Waals surface area contributed by atoms with Crippen molar-refractivity contribution in [3.8, 4) is 5.75 Å². The highest BCUT2D eigenvalue weighted by Crippen LogP contribution is 2.33. The van der Waals surface area contributed by atoms with E-state index in [1.54, 1.807) is 0 Å². The van der Waals surface area contributed by atoms with Crippen molar-refractivity contribution >= 4 is 27.3 Å². The summed E-state index contributed by atoms with van der Waals surface area (Å²) in [7, 11) is -4.55. The molecule has 0 saturated carbocycles. The molecule has 27 heavy (non-hydrogen) atoms. The minimum atomic E-state index is -5.03. The van der Waals surface area contributed by atoms with E-state index >= 15 is 0 Å². The Balaban J connectivity index is 1.96. The van der Waals surface area contributed by atoms with Crippen molar-refractivity contribution in [2.24, 2.45) is 0 Å². The number of benzene rings is 2. The molecule has 0 atom stereocenters. The fourth-order valence-corrected chi connectivity index (χ4v) is 3.73. The van der Waals surface area contributed by atoms with Crippen molar-refractivity contribution in [2.45, 2.75) is 24.1 Å². The Morgan fingerprint density at radius 3 is 2.52 bits per heavy atom. The molecule has 1 amide bonds. The second-order valence-electron chi connectivity index (χ2n) is 5.64. The van der Waals surface area contributed by atoms with Gasteiger partial charge in [-0.25, -0.2) is 12.8 Å². The Hall–Kier alpha value is -2.82. The number of alkyl halides is 3. The van der Waals surface area contributed by atoms with Gasteiger partial charge in [-0.15, -0.1) is 13.2 Å². The second-order valence-corrected chi connectivity index (χ2v) is 7.29. The van der Waals surface area contributed by atoms with Crippen LogP contribution >= 0.6 is 0 Å². The van der Waals surface area contributed by atoms with Crippen LogP contribution in [0.5, 0.6) is 5.75 Å². The first-order valence-electron chi connectivity index (χ1n) is 7.55. The number of carbonyl (C=O) groups is 1. The number of hydrogen-bond donors (Lipinski definition) is 2. The number of amides is 1. The maximum atomic E-state index is 14.3. The van der Waals surface area contributed by atoms with E-state index in [9.17, 15) is 30.8 Å². The molecule has 2 aromatic rings. The molecule has 2 N–H and O–H groups in total. The number of anilines is 2. The van der Waals surface area contributed by atoms with E-state index in [1.165, 1.54) is 12.1 Å². The molecule has 0 saturated heterocycles. The SMILES string of the molecule is O=C1CCc2cc(S(=O)(=O)Nc3ccccc3OC(F)(F)F)c(F)cc2N1. The molecule has 0 aliphatic carbocycles. The number of carbonyl (C=O) groups excluding carboxylic acids is 1. The average Bonchev–Trinajstić information content (AvgIpc) is 2.54. The van der Waals surface area contributed by atoms with Crippen LogP contribution in [0.1, 0.15) is 12.0 Å². The van der Waals surface area contributed by atoms with Gasteiger partial charge in [-0.05, 0) is 36.2 Å². The van der Waals surface area contributed by atoms with Crippen LogP contribution in [0, 0.1) is 5.82 Å². The molecule has 1 heterocycles. The Labute approximate surface area is 151 Å². The summed E-state index contributed by atoms with van der Waals surface area (Å²) in [5.41, 5.74) is 0.0555. The Morgan fingerprint density at radius 1 is 1.11 bits per heavy atom. The zero-order valence-electron chi connectivity index (χ0n) is 13.4. The van der Waals surface area contributed by atoms with Gasteiger partial charge in [-0.1, -0.05) is 12.1 Å². The van der Waals surface area contributed by atoms with Crippen LogP contribution in [0.2, 0.25) is 0 Å². The van der Waals surface area contributed by atoms with Gasteiger partial charge >= 0.3 is 6.36 Å². The van der Waals surface area contributed by atoms with Gasteiger partial charge in [0.05, 0.1) is 5.69 Å². The van der Waals surface area contributed by atoms with Crippen molar-refractivity contribution < 1.29 is 35.5 Å². The number of aryl methyl sites for hydroxylation is 1. The minimum absolute atomic E-state index is 0.105. The first-order valence-corrected chi connectivity index (χ1v) is 9.03. The summed E-state index contributed by atoms with van der Waals surface area (Å²) in [6, 6.07) is 6.39. The van der Waals surface area contributed by atoms with Crippen molar-refractivity contribution in [3.05, 3.63) is 47.8 Å². The van der Waals surface area contributed by atoms with Gasteiger partial charge in [0.15, 0.2) is 5.75 Å². The number of nitrogens with one attached hydrogen (secondary N) is 2. The Bertz CT molecular complexity index is 1010. The fourth-order valence-electron chi connectivity index (χ4n) is 2.55. The van der Waals surface area contributed by atoms with Crippen LogP contribution in [0.25, 0.3) is 0 Å². The largest absolute Gasteiger partial charge is 0.573 e. The normalized spacial score (nSPS) is 14.3. The summed E-state index contributed by atoms with van der Waals surface area (Å²) in [4.78, 5) is 10.6. The first kappa shape index (κ1) is 19.0. The van der Waals surface area contributed by atoms with Crippen molar-refractivity contribution in [1.29, 1.82) is 0 Å². The van der Waals surface area contributed by atoms with Crippen LogP contribution in [0.3, 0.4) is 0 Å². The monoisotopic (exact) mass is 404 g/mol. The summed E-state index contributed by atoms with van der Waals surface area (Å²) >= 11 is 0. The molecule has 1 aliphatic rings. The number of halogens is 4. The molecular formula is C16H12F4N2O4S. The fraction of sp³-hybridized carbons (Fsp3) is 0.188. The summed E-state index contributed by atoms with van der Waals surface area (Å²) in [5, 5.41) is 2.42. The van der Waals surface area contributed by atoms with E-state index in [2.05, 4.69) is 10.1 Å². The van der Waals surface area contributed by atoms with Gasteiger partial charge in [0.1, 0.15) is 10.7 Å². The molecule has 144 valence electrons. The van der Waals surface area contributed by atoms with Gasteiger partial charge in [0.25, 0.3) is 10.0 Å². The standard InChI is InChI=1S/C16H12F4N2O4S/c17-10-8-12-9(5-6-15(23)21-12)7-14(10)27(24,25)22-11-3-1-2-4-13(11)26-16(18,19)20/h1-4,7-8,22H,5-6H2,(H,21,23). The third-order valence-corrected chi connectivity index (χ3v) is 5.08. The quantitative estimate of drug-likeness (QED) is 0.765. The Morgan fingerprint density at radius 2 is 1.81 bits per heavy atom. The molecule has 0 unspecified atom stereocenters. The third-order valence-electron chi connectivity index (χ3n) is 3.70. The number of hydrogen-bond acceptors (Lipinski definition) is 4. The number of fused-ring (bicyclic) bond motifs is 1. The Kier molecular flexibility index (Phi) is 4.72. The number of ether oxygens (including phenoxy) is 1. The maximum absolute atomic E-state index is 14.3. The van der Waals surface area contributed by atoms with E-state index in [4.69, 9.17) is 0 Å². The van der Waals surface area contributed by atoms with Gasteiger partial charge in [-0.2, -0.15) is 0 Å². The number of rotatable bonds is 4. The van der Waals surface area contributed by atoms with Crippen molar-refractivity contribution in [2.75, 3.05) is 10.0 Å². The van der Waals surface area contributed by atoms with Crippen molar-refractivity contribution in [3.63, 3.8) is 0 Å². The van der Waals surface area contributed by atoms with Crippen LogP contribution in [-0.2, 0) is 21.2 Å². The highest BCUT2D eigenvalue weighted by atomic mass is 32.2. The van der Waals surface area contributed by atoms with Gasteiger partial charge in [-0.3, -0.25) is 9.52 Å². The van der Waals surface area contributed by atoms with Crippen LogP contribution in [0.15, 0.2) is 41.3 Å². The van der Waals surface area contributed by atoms with Crippen LogP contribution in [0.4, 0.5) is 28.9 Å². The lowest BCUT2D eigenvalue weighted by molar-refractivity contribution is -0.274. The first-order chi connectivity index (χ1) is 12.5. The molecule has 0 fully saturated rings. The zero-order valence-corrected chi connectivity index (χ0v) is 14.2. The van der Waals surface area contributed by atoms with Gasteiger partial charge in [0, 0.05) is 12.1 Å². The molecule has 1 aliphatic heterocycles. The van der Waals surface area contributed by atoms with E-state index < -0.39 is 38.5 Å². The molecule has 6 nitrogen and oxygen atoms in total. The lowest BCUT2D eigenvalue weighted by Gasteiger charge is -2.19. The molecular weight excluding hydrogens is 392 g/mol. The predicted octanol–water partition coefficient (Wildman–Crippen LogP) is 3.41. The van der Waals surface area contributed by atoms with E-state index in [0.29, 0.717) is 5.56 Å². The van der Waals surface area contributed by atoms with E-state index in [0.717, 1.165) is 24.3 Å². The topological polar surface area (TPSA) is 84.5 Å². The maximum Gasteiger partial charge on any atom is 0.573 e. The lowest BCUT2D eigenvalue weighted by Crippen LogP contribution is -2.22. The molecule has 3 rings (SSSR count). The van der Waals surface area contributed by atoms with Gasteiger partial charge in [0.2, 0.25) is 5.91 Å². The van der Waals surface area contributed by atoms with Crippen LogP contribution < -0.4 is 14.8 Å². The van der Waals surface area contributed by atoms with Crippen LogP contribution in [-0.4, -0.2) is 20.7 Å². The predicted molar refractivity (Wildman–Crippen MR) is 87.3 cm³/mol. The third kappa shape index (κ3) is 4.30. The zero-order chi connectivity index (χ0) is 19.8. The lowest BCUT2D eigenvalue weighted by atomic mass is 10.0. The average molecular weight is 404 g/mol. The van der Waals surface area contributed by atoms with Gasteiger partial charge < -0.3 is 10.1 Å². The number of sulfonamides is 1. The molecule has 0 spiro atoms. The second kappa shape index (κ2) is 6.72. The highest BCUT2D eigenvalue weighted by molar-refractivity contribution is 7.92.